The van der Waals surface area contributed by atoms with Crippen molar-refractivity contribution in [1.29, 1.82) is 0 Å². The minimum absolute atomic E-state index is 0.0637. The zero-order valence-corrected chi connectivity index (χ0v) is 16.0. The van der Waals surface area contributed by atoms with E-state index in [0.717, 1.165) is 22.3 Å². The van der Waals surface area contributed by atoms with Gasteiger partial charge in [-0.1, -0.05) is 99.6 Å². The first-order valence-electron chi connectivity index (χ1n) is 8.81. The Morgan fingerprint density at radius 2 is 1.20 bits per heavy atom. The van der Waals surface area contributed by atoms with Crippen molar-refractivity contribution < 1.29 is 4.57 Å². The van der Waals surface area contributed by atoms with E-state index in [2.05, 4.69) is 32.9 Å². The van der Waals surface area contributed by atoms with Gasteiger partial charge in [0.2, 0.25) is 0 Å². The van der Waals surface area contributed by atoms with Crippen LogP contribution in [0.5, 0.6) is 0 Å². The number of benzene rings is 3. The first-order valence-corrected chi connectivity index (χ1v) is 10.5. The van der Waals surface area contributed by atoms with Crippen LogP contribution in [0.1, 0.15) is 32.8 Å². The van der Waals surface area contributed by atoms with E-state index in [9.17, 15) is 4.57 Å². The van der Waals surface area contributed by atoms with E-state index < -0.39 is 7.14 Å². The van der Waals surface area contributed by atoms with Gasteiger partial charge in [-0.05, 0) is 23.5 Å². The van der Waals surface area contributed by atoms with Gasteiger partial charge in [-0.2, -0.15) is 0 Å². The summed E-state index contributed by atoms with van der Waals surface area (Å²) in [7, 11) is -2.88. The molecule has 3 aromatic rings. The van der Waals surface area contributed by atoms with E-state index >= 15 is 0 Å². The highest BCUT2D eigenvalue weighted by Gasteiger charge is 2.30. The molecule has 0 radical (unpaired) electrons. The lowest BCUT2D eigenvalue weighted by molar-refractivity contribution is 0.506. The SMILES string of the molecule is CCC(C)(C)c1cccc(P(=O)(c2ccccc2)c2ccccc2)c1. The van der Waals surface area contributed by atoms with Gasteiger partial charge in [-0.15, -0.1) is 0 Å². The second-order valence-corrected chi connectivity index (χ2v) is 9.84. The Morgan fingerprint density at radius 3 is 1.68 bits per heavy atom. The molecule has 25 heavy (non-hydrogen) atoms. The molecule has 3 rings (SSSR count). The summed E-state index contributed by atoms with van der Waals surface area (Å²) in [5.41, 5.74) is 1.30. The van der Waals surface area contributed by atoms with Crippen molar-refractivity contribution in [2.45, 2.75) is 32.6 Å². The number of rotatable bonds is 5. The molecule has 0 aliphatic rings. The van der Waals surface area contributed by atoms with Crippen molar-refractivity contribution >= 4 is 23.1 Å². The average Bonchev–Trinajstić information content (AvgIpc) is 2.69. The van der Waals surface area contributed by atoms with E-state index in [0.29, 0.717) is 0 Å². The van der Waals surface area contributed by atoms with Crippen LogP contribution in [-0.4, -0.2) is 0 Å². The molecule has 0 fully saturated rings. The van der Waals surface area contributed by atoms with Gasteiger partial charge in [0.1, 0.15) is 0 Å². The zero-order valence-electron chi connectivity index (χ0n) is 15.1. The van der Waals surface area contributed by atoms with Crippen molar-refractivity contribution in [3.63, 3.8) is 0 Å². The molecule has 0 saturated heterocycles. The number of hydrogen-bond acceptors (Lipinski definition) is 1. The molecule has 0 unspecified atom stereocenters. The molecule has 0 aliphatic carbocycles. The maximum absolute atomic E-state index is 14.4. The second-order valence-electron chi connectivity index (χ2n) is 7.07. The van der Waals surface area contributed by atoms with Crippen LogP contribution in [0.4, 0.5) is 0 Å². The Morgan fingerprint density at radius 1 is 0.720 bits per heavy atom. The molecule has 0 amide bonds. The van der Waals surface area contributed by atoms with Crippen LogP contribution in [-0.2, 0) is 9.98 Å². The summed E-state index contributed by atoms with van der Waals surface area (Å²) in [6.45, 7) is 6.67. The zero-order chi connectivity index (χ0) is 17.9. The van der Waals surface area contributed by atoms with Gasteiger partial charge in [-0.3, -0.25) is 0 Å². The molecule has 0 N–H and O–H groups in total. The van der Waals surface area contributed by atoms with Crippen molar-refractivity contribution in [3.05, 3.63) is 90.5 Å². The summed E-state index contributed by atoms with van der Waals surface area (Å²) in [5, 5.41) is 2.67. The van der Waals surface area contributed by atoms with E-state index in [1.807, 2.05) is 72.8 Å². The molecule has 3 aromatic carbocycles. The summed E-state index contributed by atoms with van der Waals surface area (Å²) in [6, 6.07) is 28.0. The van der Waals surface area contributed by atoms with Crippen molar-refractivity contribution in [1.82, 2.24) is 0 Å². The fourth-order valence-electron chi connectivity index (χ4n) is 3.05. The smallest absolute Gasteiger partial charge is 0.171 e. The Hall–Kier alpha value is -2.11. The summed E-state index contributed by atoms with van der Waals surface area (Å²) >= 11 is 0. The van der Waals surface area contributed by atoms with Gasteiger partial charge >= 0.3 is 0 Å². The summed E-state index contributed by atoms with van der Waals surface area (Å²) in [6.07, 6.45) is 1.04. The van der Waals surface area contributed by atoms with E-state index in [1.54, 1.807) is 0 Å². The standard InChI is InChI=1S/C23H25OP/c1-4-23(2,3)19-12-11-17-22(18-19)25(24,20-13-7-5-8-14-20)21-15-9-6-10-16-21/h5-18H,4H2,1-3H3. The molecule has 0 spiro atoms. The van der Waals surface area contributed by atoms with E-state index in [-0.39, 0.29) is 5.41 Å². The molecule has 0 bridgehead atoms. The van der Waals surface area contributed by atoms with Crippen LogP contribution in [0.15, 0.2) is 84.9 Å². The maximum Gasteiger partial charge on any atom is 0.171 e. The van der Waals surface area contributed by atoms with Crippen LogP contribution < -0.4 is 15.9 Å². The molecular formula is C23H25OP. The quantitative estimate of drug-likeness (QED) is 0.592. The predicted molar refractivity (Wildman–Crippen MR) is 109 cm³/mol. The normalized spacial score (nSPS) is 12.1. The molecule has 128 valence electrons. The highest BCUT2D eigenvalue weighted by molar-refractivity contribution is 7.85. The van der Waals surface area contributed by atoms with Gasteiger partial charge < -0.3 is 4.57 Å². The molecule has 1 nitrogen and oxygen atoms in total. The Balaban J connectivity index is 2.24. The first kappa shape index (κ1) is 17.7. The lowest BCUT2D eigenvalue weighted by Crippen LogP contribution is -2.26. The van der Waals surface area contributed by atoms with Crippen LogP contribution in [0.2, 0.25) is 0 Å². The van der Waals surface area contributed by atoms with Crippen LogP contribution in [0.3, 0.4) is 0 Å². The third-order valence-corrected chi connectivity index (χ3v) is 8.17. The van der Waals surface area contributed by atoms with Crippen LogP contribution in [0, 0.1) is 0 Å². The Kier molecular flexibility index (Phi) is 4.97. The third-order valence-electron chi connectivity index (χ3n) is 5.11. The maximum atomic E-state index is 14.4. The summed E-state index contributed by atoms with van der Waals surface area (Å²) in [4.78, 5) is 0. The van der Waals surface area contributed by atoms with Crippen molar-refractivity contribution in [3.8, 4) is 0 Å². The van der Waals surface area contributed by atoms with Gasteiger partial charge in [0.15, 0.2) is 7.14 Å². The van der Waals surface area contributed by atoms with Gasteiger partial charge in [0, 0.05) is 15.9 Å². The highest BCUT2D eigenvalue weighted by atomic mass is 31.2. The third kappa shape index (κ3) is 3.34. The lowest BCUT2D eigenvalue weighted by atomic mass is 9.82. The Bertz CT molecular complexity index is 839. The topological polar surface area (TPSA) is 17.1 Å². The second kappa shape index (κ2) is 7.02. The van der Waals surface area contributed by atoms with E-state index in [4.69, 9.17) is 0 Å². The van der Waals surface area contributed by atoms with Crippen LogP contribution >= 0.6 is 7.14 Å². The van der Waals surface area contributed by atoms with Crippen molar-refractivity contribution in [2.75, 3.05) is 0 Å². The monoisotopic (exact) mass is 348 g/mol. The fourth-order valence-corrected chi connectivity index (χ4v) is 5.75. The molecular weight excluding hydrogens is 323 g/mol. The average molecular weight is 348 g/mol. The summed E-state index contributed by atoms with van der Waals surface area (Å²) in [5.74, 6) is 0. The summed E-state index contributed by atoms with van der Waals surface area (Å²) < 4.78 is 14.4. The minimum atomic E-state index is -2.88. The van der Waals surface area contributed by atoms with E-state index in [1.165, 1.54) is 5.56 Å². The van der Waals surface area contributed by atoms with Crippen LogP contribution in [0.25, 0.3) is 0 Å². The molecule has 0 aliphatic heterocycles. The van der Waals surface area contributed by atoms with Gasteiger partial charge in [-0.25, -0.2) is 0 Å². The number of hydrogen-bond donors (Lipinski definition) is 0. The van der Waals surface area contributed by atoms with Gasteiger partial charge in [0.25, 0.3) is 0 Å². The van der Waals surface area contributed by atoms with Gasteiger partial charge in [0.05, 0.1) is 0 Å². The minimum Gasteiger partial charge on any atom is -0.309 e. The molecule has 0 aromatic heterocycles. The first-order chi connectivity index (χ1) is 12.0. The highest BCUT2D eigenvalue weighted by Crippen LogP contribution is 2.43. The molecule has 0 atom stereocenters. The van der Waals surface area contributed by atoms with Crippen molar-refractivity contribution in [2.24, 2.45) is 0 Å². The fraction of sp³-hybridized carbons (Fsp3) is 0.217. The predicted octanol–water partition coefficient (Wildman–Crippen LogP) is 5.01. The lowest BCUT2D eigenvalue weighted by Gasteiger charge is -2.26. The molecule has 0 saturated carbocycles. The largest absolute Gasteiger partial charge is 0.309 e. The Labute approximate surface area is 151 Å². The molecule has 0 heterocycles. The molecule has 2 heteroatoms.